The summed E-state index contributed by atoms with van der Waals surface area (Å²) < 4.78 is 4.74. The molecule has 1 N–H and O–H groups in total. The molecule has 0 aliphatic heterocycles. The second-order valence-electron chi connectivity index (χ2n) is 2.88. The number of rotatable bonds is 7. The molecule has 0 amide bonds. The molecule has 0 saturated carbocycles. The highest BCUT2D eigenvalue weighted by atomic mass is 32.1. The van der Waals surface area contributed by atoms with Crippen LogP contribution in [0.1, 0.15) is 45.4 Å². The first kappa shape index (κ1) is 11.7. The third-order valence-electron chi connectivity index (χ3n) is 1.72. The van der Waals surface area contributed by atoms with Gasteiger partial charge in [0.15, 0.2) is 0 Å². The van der Waals surface area contributed by atoms with Gasteiger partial charge in [0.25, 0.3) is 0 Å². The Morgan fingerprint density at radius 3 is 2.33 bits per heavy atom. The Kier molecular flexibility index (Phi) is 8.56. The molecule has 0 aromatic carbocycles. The van der Waals surface area contributed by atoms with E-state index in [-0.39, 0.29) is 5.24 Å². The summed E-state index contributed by atoms with van der Waals surface area (Å²) in [6, 6.07) is 0. The van der Waals surface area contributed by atoms with Gasteiger partial charge in [-0.05, 0) is 6.42 Å². The lowest BCUT2D eigenvalue weighted by molar-refractivity contribution is 0.234. The summed E-state index contributed by atoms with van der Waals surface area (Å²) in [5.41, 5.74) is 0. The third kappa shape index (κ3) is 9.69. The van der Waals surface area contributed by atoms with Crippen LogP contribution in [-0.4, -0.2) is 17.0 Å². The van der Waals surface area contributed by atoms with Crippen LogP contribution in [0.25, 0.3) is 0 Å². The maximum Gasteiger partial charge on any atom is 0.349 e. The van der Waals surface area contributed by atoms with Gasteiger partial charge in [-0.25, -0.2) is 0 Å². The molecule has 12 heavy (non-hydrogen) atoms. The van der Waals surface area contributed by atoms with Gasteiger partial charge >= 0.3 is 5.24 Å². The van der Waals surface area contributed by atoms with E-state index >= 15 is 0 Å². The minimum Gasteiger partial charge on any atom is -0.472 e. The second-order valence-corrected chi connectivity index (χ2v) is 3.23. The molecule has 0 spiro atoms. The Bertz CT molecular complexity index is 115. The Morgan fingerprint density at radius 2 is 1.75 bits per heavy atom. The summed E-state index contributed by atoms with van der Waals surface area (Å²) >= 11 is 4.35. The van der Waals surface area contributed by atoms with Crippen LogP contribution in [0.5, 0.6) is 0 Å². The minimum absolute atomic E-state index is 0.330. The fourth-order valence-corrected chi connectivity index (χ4v) is 1.13. The standard InChI is InChI=1S/C9H18O2S/c1-2-3-4-5-6-7-8-11-9(10)12/h2-8H2,1H3,(H,10,12). The predicted molar refractivity (Wildman–Crippen MR) is 54.6 cm³/mol. The third-order valence-corrected chi connectivity index (χ3v) is 1.84. The normalized spacial score (nSPS) is 9.75. The van der Waals surface area contributed by atoms with Crippen molar-refractivity contribution in [2.75, 3.05) is 6.61 Å². The molecule has 0 aliphatic rings. The van der Waals surface area contributed by atoms with Gasteiger partial charge in [0.05, 0.1) is 6.61 Å². The van der Waals surface area contributed by atoms with E-state index < -0.39 is 0 Å². The first-order valence-corrected chi connectivity index (χ1v) is 5.04. The average molecular weight is 190 g/mol. The van der Waals surface area contributed by atoms with Crippen molar-refractivity contribution in [1.29, 1.82) is 0 Å². The van der Waals surface area contributed by atoms with Gasteiger partial charge in [0.2, 0.25) is 0 Å². The first-order valence-electron chi connectivity index (χ1n) is 4.63. The van der Waals surface area contributed by atoms with Crippen LogP contribution < -0.4 is 0 Å². The topological polar surface area (TPSA) is 29.5 Å². The monoisotopic (exact) mass is 190 g/mol. The van der Waals surface area contributed by atoms with Gasteiger partial charge < -0.3 is 9.84 Å². The largest absolute Gasteiger partial charge is 0.472 e. The quantitative estimate of drug-likeness (QED) is 0.494. The van der Waals surface area contributed by atoms with E-state index in [1.807, 2.05) is 0 Å². The molecule has 0 aromatic rings. The summed E-state index contributed by atoms with van der Waals surface area (Å²) in [5, 5.41) is 8.17. The average Bonchev–Trinajstić information content (AvgIpc) is 2.02. The molecule has 0 bridgehead atoms. The second kappa shape index (κ2) is 8.78. The van der Waals surface area contributed by atoms with E-state index in [1.165, 1.54) is 32.1 Å². The molecular formula is C9H18O2S. The lowest BCUT2D eigenvalue weighted by Gasteiger charge is -2.01. The molecule has 0 unspecified atom stereocenters. The van der Waals surface area contributed by atoms with E-state index in [0.29, 0.717) is 6.61 Å². The Balaban J connectivity index is 2.86. The molecule has 0 heterocycles. The molecule has 0 atom stereocenters. The number of aliphatic hydroxyl groups excluding tert-OH is 1. The zero-order valence-corrected chi connectivity index (χ0v) is 8.53. The predicted octanol–water partition coefficient (Wildman–Crippen LogP) is 3.21. The maximum atomic E-state index is 8.50. The molecule has 0 radical (unpaired) electrons. The first-order chi connectivity index (χ1) is 5.77. The zero-order chi connectivity index (χ0) is 9.23. The van der Waals surface area contributed by atoms with Crippen LogP contribution in [0.2, 0.25) is 0 Å². The van der Waals surface area contributed by atoms with Crippen LogP contribution in [0.15, 0.2) is 0 Å². The number of hydrogen-bond acceptors (Lipinski definition) is 2. The van der Waals surface area contributed by atoms with Gasteiger partial charge in [-0.2, -0.15) is 0 Å². The Labute approximate surface area is 79.9 Å². The van der Waals surface area contributed by atoms with Gasteiger partial charge in [-0.1, -0.05) is 39.0 Å². The van der Waals surface area contributed by atoms with E-state index in [4.69, 9.17) is 9.84 Å². The Morgan fingerprint density at radius 1 is 1.17 bits per heavy atom. The smallest absolute Gasteiger partial charge is 0.349 e. The summed E-state index contributed by atoms with van der Waals surface area (Å²) in [4.78, 5) is 0. The fraction of sp³-hybridized carbons (Fsp3) is 0.889. The number of hydrogen-bond donors (Lipinski definition) is 1. The highest BCUT2D eigenvalue weighted by Gasteiger charge is 1.92. The molecule has 0 fully saturated rings. The van der Waals surface area contributed by atoms with Crippen molar-refractivity contribution in [3.63, 3.8) is 0 Å². The van der Waals surface area contributed by atoms with Gasteiger partial charge in [0, 0.05) is 12.2 Å². The number of unbranched alkanes of at least 4 members (excludes halogenated alkanes) is 5. The van der Waals surface area contributed by atoms with Crippen LogP contribution in [0.4, 0.5) is 0 Å². The van der Waals surface area contributed by atoms with E-state index in [0.717, 1.165) is 6.42 Å². The van der Waals surface area contributed by atoms with Crippen molar-refractivity contribution in [1.82, 2.24) is 0 Å². The van der Waals surface area contributed by atoms with Crippen molar-refractivity contribution in [2.24, 2.45) is 0 Å². The molecule has 72 valence electrons. The molecular weight excluding hydrogens is 172 g/mol. The molecule has 0 rings (SSSR count). The maximum absolute atomic E-state index is 8.50. The lowest BCUT2D eigenvalue weighted by atomic mass is 10.1. The van der Waals surface area contributed by atoms with Crippen molar-refractivity contribution < 1.29 is 9.84 Å². The lowest BCUT2D eigenvalue weighted by Crippen LogP contribution is -2.00. The number of thiocarbonyl (C=S) groups is 1. The van der Waals surface area contributed by atoms with Crippen LogP contribution in [0, 0.1) is 0 Å². The van der Waals surface area contributed by atoms with Gasteiger partial charge in [-0.3, -0.25) is 0 Å². The van der Waals surface area contributed by atoms with Crippen molar-refractivity contribution >= 4 is 17.5 Å². The van der Waals surface area contributed by atoms with E-state index in [2.05, 4.69) is 19.1 Å². The summed E-state index contributed by atoms with van der Waals surface area (Å²) in [7, 11) is 0. The Hall–Kier alpha value is -0.310. The fourth-order valence-electron chi connectivity index (χ4n) is 1.04. The van der Waals surface area contributed by atoms with Crippen molar-refractivity contribution in [3.8, 4) is 0 Å². The van der Waals surface area contributed by atoms with Gasteiger partial charge in [0.1, 0.15) is 0 Å². The number of aliphatic hydroxyl groups is 1. The van der Waals surface area contributed by atoms with Crippen molar-refractivity contribution in [2.45, 2.75) is 45.4 Å². The van der Waals surface area contributed by atoms with Crippen LogP contribution in [0.3, 0.4) is 0 Å². The molecule has 0 aliphatic carbocycles. The SMILES string of the molecule is CCCCCCCCOC(O)=S. The summed E-state index contributed by atoms with van der Waals surface area (Å²) in [6.07, 6.45) is 7.32. The van der Waals surface area contributed by atoms with Crippen LogP contribution in [-0.2, 0) is 4.74 Å². The highest BCUT2D eigenvalue weighted by Crippen LogP contribution is 2.04. The van der Waals surface area contributed by atoms with Crippen molar-refractivity contribution in [3.05, 3.63) is 0 Å². The molecule has 0 saturated heterocycles. The summed E-state index contributed by atoms with van der Waals surface area (Å²) in [6.45, 7) is 2.76. The molecule has 2 nitrogen and oxygen atoms in total. The van der Waals surface area contributed by atoms with Crippen LogP contribution >= 0.6 is 12.2 Å². The molecule has 0 aromatic heterocycles. The van der Waals surface area contributed by atoms with Gasteiger partial charge in [-0.15, -0.1) is 0 Å². The highest BCUT2D eigenvalue weighted by molar-refractivity contribution is 7.79. The minimum atomic E-state index is -0.330. The molecule has 3 heteroatoms. The number of ether oxygens (including phenoxy) is 1. The zero-order valence-electron chi connectivity index (χ0n) is 7.71. The summed E-state index contributed by atoms with van der Waals surface area (Å²) in [5.74, 6) is 0. The van der Waals surface area contributed by atoms with E-state index in [1.54, 1.807) is 0 Å². The van der Waals surface area contributed by atoms with E-state index in [9.17, 15) is 0 Å².